The highest BCUT2D eigenvalue weighted by Gasteiger charge is 2.09. The molecule has 1 nitrogen and oxygen atoms in total. The van der Waals surface area contributed by atoms with Gasteiger partial charge in [-0.15, -0.1) is 0 Å². The van der Waals surface area contributed by atoms with E-state index in [1.807, 2.05) is 6.07 Å². The minimum absolute atomic E-state index is 0.132. The van der Waals surface area contributed by atoms with Gasteiger partial charge in [0.1, 0.15) is 5.82 Å². The van der Waals surface area contributed by atoms with Gasteiger partial charge < -0.3 is 0 Å². The molecule has 1 aliphatic rings. The van der Waals surface area contributed by atoms with Gasteiger partial charge in [0.25, 0.3) is 0 Å². The minimum Gasteiger partial charge on any atom is -0.298 e. The number of halogens is 1. The van der Waals surface area contributed by atoms with Gasteiger partial charge in [-0.05, 0) is 42.5 Å². The Morgan fingerprint density at radius 3 is 2.79 bits per heavy atom. The predicted octanol–water partition coefficient (Wildman–Crippen LogP) is 3.21. The van der Waals surface area contributed by atoms with Crippen molar-refractivity contribution in [3.63, 3.8) is 0 Å². The highest BCUT2D eigenvalue weighted by atomic mass is 19.1. The Kier molecular flexibility index (Phi) is 2.44. The largest absolute Gasteiger partial charge is 0.298 e. The molecule has 1 aliphatic carbocycles. The SMILES string of the molecule is O=Cc1ccc(C2=CCCC2)cc1F. The van der Waals surface area contributed by atoms with Gasteiger partial charge in [0.05, 0.1) is 5.56 Å². The predicted molar refractivity (Wildman–Crippen MR) is 53.6 cm³/mol. The first kappa shape index (κ1) is 9.13. The Hall–Kier alpha value is -1.44. The van der Waals surface area contributed by atoms with Crippen LogP contribution in [0.15, 0.2) is 24.3 Å². The van der Waals surface area contributed by atoms with E-state index in [1.165, 1.54) is 17.7 Å². The second kappa shape index (κ2) is 3.74. The van der Waals surface area contributed by atoms with Gasteiger partial charge in [0.15, 0.2) is 6.29 Å². The fourth-order valence-corrected chi connectivity index (χ4v) is 1.76. The molecule has 0 saturated carbocycles. The van der Waals surface area contributed by atoms with E-state index in [4.69, 9.17) is 0 Å². The van der Waals surface area contributed by atoms with Crippen LogP contribution in [0.5, 0.6) is 0 Å². The third kappa shape index (κ3) is 1.60. The van der Waals surface area contributed by atoms with E-state index in [9.17, 15) is 9.18 Å². The molecule has 0 fully saturated rings. The molecule has 1 aromatic rings. The van der Waals surface area contributed by atoms with Gasteiger partial charge in [0, 0.05) is 0 Å². The van der Waals surface area contributed by atoms with Gasteiger partial charge in [-0.1, -0.05) is 12.1 Å². The summed E-state index contributed by atoms with van der Waals surface area (Å²) in [5.74, 6) is -0.426. The molecule has 0 radical (unpaired) electrons. The number of benzene rings is 1. The maximum absolute atomic E-state index is 13.2. The van der Waals surface area contributed by atoms with Gasteiger partial charge in [-0.25, -0.2) is 4.39 Å². The topological polar surface area (TPSA) is 17.1 Å². The van der Waals surface area contributed by atoms with Crippen molar-refractivity contribution in [2.24, 2.45) is 0 Å². The lowest BCUT2D eigenvalue weighted by atomic mass is 10.0. The zero-order valence-corrected chi connectivity index (χ0v) is 7.79. The summed E-state index contributed by atoms with van der Waals surface area (Å²) in [7, 11) is 0. The van der Waals surface area contributed by atoms with Gasteiger partial charge in [0.2, 0.25) is 0 Å². The first-order valence-electron chi connectivity index (χ1n) is 4.75. The van der Waals surface area contributed by atoms with E-state index >= 15 is 0 Å². The van der Waals surface area contributed by atoms with Crippen LogP contribution in [0.3, 0.4) is 0 Å². The summed E-state index contributed by atoms with van der Waals surface area (Å²) in [4.78, 5) is 10.4. The molecule has 0 aromatic heterocycles. The average molecular weight is 190 g/mol. The zero-order valence-electron chi connectivity index (χ0n) is 7.79. The molecule has 0 amide bonds. The van der Waals surface area contributed by atoms with Crippen molar-refractivity contribution in [1.82, 2.24) is 0 Å². The monoisotopic (exact) mass is 190 g/mol. The summed E-state index contributed by atoms with van der Waals surface area (Å²) in [5, 5.41) is 0. The average Bonchev–Trinajstić information content (AvgIpc) is 2.70. The maximum atomic E-state index is 13.2. The Balaban J connectivity index is 2.36. The van der Waals surface area contributed by atoms with E-state index in [0.29, 0.717) is 6.29 Å². The molecule has 0 saturated heterocycles. The van der Waals surface area contributed by atoms with E-state index in [2.05, 4.69) is 6.08 Å². The minimum atomic E-state index is -0.426. The third-order valence-electron chi connectivity index (χ3n) is 2.54. The standard InChI is InChI=1S/C12H11FO/c13-12-7-10(5-6-11(12)8-14)9-3-1-2-4-9/h3,5-8H,1-2,4H2. The number of carbonyl (C=O) groups excluding carboxylic acids is 1. The second-order valence-electron chi connectivity index (χ2n) is 3.48. The summed E-state index contributed by atoms with van der Waals surface area (Å²) in [6, 6.07) is 4.79. The number of allylic oxidation sites excluding steroid dienone is 2. The quantitative estimate of drug-likeness (QED) is 0.654. The second-order valence-corrected chi connectivity index (χ2v) is 3.48. The number of hydrogen-bond acceptors (Lipinski definition) is 1. The van der Waals surface area contributed by atoms with Crippen molar-refractivity contribution >= 4 is 11.9 Å². The number of aldehydes is 1. The Morgan fingerprint density at radius 2 is 2.21 bits per heavy atom. The van der Waals surface area contributed by atoms with Crippen LogP contribution in [0.4, 0.5) is 4.39 Å². The van der Waals surface area contributed by atoms with Crippen molar-refractivity contribution in [3.05, 3.63) is 41.2 Å². The van der Waals surface area contributed by atoms with Crippen LogP contribution >= 0.6 is 0 Å². The number of carbonyl (C=O) groups is 1. The highest BCUT2D eigenvalue weighted by Crippen LogP contribution is 2.28. The van der Waals surface area contributed by atoms with E-state index in [-0.39, 0.29) is 5.56 Å². The third-order valence-corrected chi connectivity index (χ3v) is 2.54. The van der Waals surface area contributed by atoms with Gasteiger partial charge in [-0.2, -0.15) is 0 Å². The summed E-state index contributed by atoms with van der Waals surface area (Å²) in [6.45, 7) is 0. The summed E-state index contributed by atoms with van der Waals surface area (Å²) < 4.78 is 13.2. The molecule has 2 heteroatoms. The molecule has 0 heterocycles. The van der Waals surface area contributed by atoms with Crippen molar-refractivity contribution in [3.8, 4) is 0 Å². The maximum Gasteiger partial charge on any atom is 0.152 e. The fraction of sp³-hybridized carbons (Fsp3) is 0.250. The van der Waals surface area contributed by atoms with Gasteiger partial charge in [-0.3, -0.25) is 4.79 Å². The van der Waals surface area contributed by atoms with Crippen LogP contribution in [-0.4, -0.2) is 6.29 Å². The first-order valence-corrected chi connectivity index (χ1v) is 4.75. The van der Waals surface area contributed by atoms with E-state index < -0.39 is 5.82 Å². The molecule has 14 heavy (non-hydrogen) atoms. The van der Waals surface area contributed by atoms with Crippen molar-refractivity contribution < 1.29 is 9.18 Å². The van der Waals surface area contributed by atoms with Crippen molar-refractivity contribution in [2.75, 3.05) is 0 Å². The molecule has 2 rings (SSSR count). The summed E-state index contributed by atoms with van der Waals surface area (Å²) >= 11 is 0. The molecule has 0 atom stereocenters. The number of rotatable bonds is 2. The Morgan fingerprint density at radius 1 is 1.36 bits per heavy atom. The smallest absolute Gasteiger partial charge is 0.152 e. The molecule has 0 unspecified atom stereocenters. The Bertz CT molecular complexity index is 393. The molecule has 1 aromatic carbocycles. The first-order chi connectivity index (χ1) is 6.81. The molecule has 0 bridgehead atoms. The molecule has 0 spiro atoms. The van der Waals surface area contributed by atoms with Crippen molar-refractivity contribution in [1.29, 1.82) is 0 Å². The van der Waals surface area contributed by atoms with Crippen LogP contribution in [0, 0.1) is 5.82 Å². The summed E-state index contributed by atoms with van der Waals surface area (Å²) in [5.41, 5.74) is 2.24. The van der Waals surface area contributed by atoms with Crippen molar-refractivity contribution in [2.45, 2.75) is 19.3 Å². The normalized spacial score (nSPS) is 15.4. The fourth-order valence-electron chi connectivity index (χ4n) is 1.76. The Labute approximate surface area is 82.3 Å². The lowest BCUT2D eigenvalue weighted by molar-refractivity contribution is 0.112. The molecular weight excluding hydrogens is 179 g/mol. The van der Waals surface area contributed by atoms with E-state index in [1.54, 1.807) is 0 Å². The lowest BCUT2D eigenvalue weighted by Crippen LogP contribution is -1.90. The zero-order chi connectivity index (χ0) is 9.97. The van der Waals surface area contributed by atoms with Crippen LogP contribution in [0.25, 0.3) is 5.57 Å². The molecular formula is C12H11FO. The lowest BCUT2D eigenvalue weighted by Gasteiger charge is -2.03. The van der Waals surface area contributed by atoms with Crippen LogP contribution in [-0.2, 0) is 0 Å². The van der Waals surface area contributed by atoms with Crippen LogP contribution in [0.2, 0.25) is 0 Å². The van der Waals surface area contributed by atoms with E-state index in [0.717, 1.165) is 24.8 Å². The highest BCUT2D eigenvalue weighted by molar-refractivity contribution is 5.77. The molecule has 0 N–H and O–H groups in total. The van der Waals surface area contributed by atoms with Crippen LogP contribution in [0.1, 0.15) is 35.2 Å². The molecule has 72 valence electrons. The number of hydrogen-bond donors (Lipinski definition) is 0. The molecule has 0 aliphatic heterocycles. The summed E-state index contributed by atoms with van der Waals surface area (Å²) in [6.07, 6.45) is 5.91. The van der Waals surface area contributed by atoms with Gasteiger partial charge >= 0.3 is 0 Å². The van der Waals surface area contributed by atoms with Crippen LogP contribution < -0.4 is 0 Å².